The molecular weight excluding hydrogens is 136 g/mol. The Morgan fingerprint density at radius 2 is 0.750 bits per heavy atom. The fourth-order valence-corrected chi connectivity index (χ4v) is 0. The maximum atomic E-state index is 0. The van der Waals surface area contributed by atoms with Crippen LogP contribution in [0.2, 0.25) is 0 Å². The van der Waals surface area contributed by atoms with E-state index in [2.05, 4.69) is 0 Å². The third kappa shape index (κ3) is 11.0. The molecule has 1 radical (unpaired) electrons. The molecule has 0 aromatic heterocycles. The van der Waals surface area contributed by atoms with Crippen LogP contribution in [0.1, 0.15) is 0 Å². The van der Waals surface area contributed by atoms with Crippen molar-refractivity contribution in [1.29, 1.82) is 0 Å². The third-order valence-electron chi connectivity index (χ3n) is 0. The Hall–Kier alpha value is 1.15. The first-order valence-corrected chi connectivity index (χ1v) is 0. The molecule has 4 heavy (non-hydrogen) atoms. The van der Waals surface area contributed by atoms with Gasteiger partial charge in [-0.3, -0.25) is 0 Å². The molecule has 0 aromatic carbocycles. The van der Waals surface area contributed by atoms with Gasteiger partial charge in [-0.25, -0.2) is 0 Å². The molecule has 0 heterocycles. The van der Waals surface area contributed by atoms with E-state index in [1.165, 1.54) is 0 Å². The summed E-state index contributed by atoms with van der Waals surface area (Å²) in [6.07, 6.45) is 0. The molecule has 4 heteroatoms. The molecule has 0 bridgehead atoms. The number of rotatable bonds is 0. The Bertz CT molecular complexity index is 6.00. The monoisotopic (exact) mass is 136 g/mol. The van der Waals surface area contributed by atoms with Gasteiger partial charge in [-0.1, -0.05) is 0 Å². The van der Waals surface area contributed by atoms with Gasteiger partial charge in [0.2, 0.25) is 0 Å². The summed E-state index contributed by atoms with van der Waals surface area (Å²) in [5, 5.41) is 0. The van der Waals surface area contributed by atoms with E-state index >= 15 is 0 Å². The van der Waals surface area contributed by atoms with Crippen molar-refractivity contribution in [3.05, 3.63) is 0 Å². The van der Waals surface area contributed by atoms with E-state index in [9.17, 15) is 0 Å². The van der Waals surface area contributed by atoms with Crippen molar-refractivity contribution in [3.8, 4) is 0 Å². The van der Waals surface area contributed by atoms with Crippen molar-refractivity contribution in [2.75, 3.05) is 0 Å². The van der Waals surface area contributed by atoms with Gasteiger partial charge in [0.1, 0.15) is 0 Å². The molecule has 0 saturated carbocycles. The molecule has 0 atom stereocenters. The second-order valence-corrected chi connectivity index (χ2v) is 0. The smallest absolute Gasteiger partial charge is 2.00 e. The Kier molecular flexibility index (Phi) is 518. The summed E-state index contributed by atoms with van der Waals surface area (Å²) in [6, 6.07) is 0. The largest absolute Gasteiger partial charge is 3.00 e. The predicted molar refractivity (Wildman–Crippen MR) is 1.37 cm³/mol. The molecule has 0 N–H and O–H groups in total. The van der Waals surface area contributed by atoms with Gasteiger partial charge < -0.3 is 11.0 Å². The van der Waals surface area contributed by atoms with Crippen LogP contribution in [0.3, 0.4) is 0 Å². The van der Waals surface area contributed by atoms with Crippen LogP contribution in [0.15, 0.2) is 0 Å². The van der Waals surface area contributed by atoms with Crippen molar-refractivity contribution in [2.45, 2.75) is 0 Å². The van der Waals surface area contributed by atoms with Gasteiger partial charge in [0.15, 0.2) is 0 Å². The fourth-order valence-electron chi connectivity index (χ4n) is 0. The molecule has 0 saturated heterocycles. The molecule has 0 unspecified atom stereocenters. The summed E-state index contributed by atoms with van der Waals surface area (Å²) in [7, 11) is 0. The standard InChI is InChI=1S/Fe.2O.Ti/q+3;2*-2;. The van der Waals surface area contributed by atoms with Crippen molar-refractivity contribution >= 4 is 0 Å². The molecule has 0 aromatic rings. The van der Waals surface area contributed by atoms with Crippen LogP contribution < -0.4 is 0 Å². The van der Waals surface area contributed by atoms with Crippen molar-refractivity contribution in [3.63, 3.8) is 0 Å². The number of hydrogen-bond acceptors (Lipinski definition) is 0. The molecule has 0 aliphatic carbocycles. The maximum absolute atomic E-state index is 0. The van der Waals surface area contributed by atoms with Gasteiger partial charge in [0.05, 0.1) is 0 Å². The Morgan fingerprint density at radius 3 is 0.750 bits per heavy atom. The molecule has 0 rings (SSSR count). The fraction of sp³-hybridized carbons (Fsp3) is 0. The molecule has 2 nitrogen and oxygen atoms in total. The average Bonchev–Trinajstić information content (AvgIpc) is 0. The Balaban J connectivity index is 0. The van der Waals surface area contributed by atoms with E-state index in [-0.39, 0.29) is 49.7 Å². The first-order valence-electron chi connectivity index (χ1n) is 0. The van der Waals surface area contributed by atoms with E-state index in [1.807, 2.05) is 0 Å². The minimum absolute atomic E-state index is 0. The van der Waals surface area contributed by atoms with Gasteiger partial charge in [-0.05, 0) is 0 Å². The second-order valence-electron chi connectivity index (χ2n) is 0. The maximum Gasteiger partial charge on any atom is 3.00 e. The van der Waals surface area contributed by atoms with E-state index in [1.54, 1.807) is 0 Å². The van der Waals surface area contributed by atoms with Crippen molar-refractivity contribution in [1.82, 2.24) is 0 Å². The molecular formula is FeO2Ti-. The summed E-state index contributed by atoms with van der Waals surface area (Å²) in [4.78, 5) is 0. The quantitative estimate of drug-likeness (QED) is 0.412. The third-order valence-corrected chi connectivity index (χ3v) is 0. The van der Waals surface area contributed by atoms with Crippen molar-refractivity contribution in [2.24, 2.45) is 0 Å². The zero-order chi connectivity index (χ0) is 0. The van der Waals surface area contributed by atoms with Gasteiger partial charge in [-0.2, -0.15) is 0 Å². The first-order chi connectivity index (χ1) is 0. The van der Waals surface area contributed by atoms with E-state index in [4.69, 9.17) is 0 Å². The van der Waals surface area contributed by atoms with Crippen LogP contribution in [-0.2, 0) is 49.7 Å². The molecule has 0 aliphatic heterocycles. The second kappa shape index (κ2) is 31.0. The normalized spacial score (nSPS) is 0. The first kappa shape index (κ1) is 66.8. The number of hydrogen-bond donors (Lipinski definition) is 0. The van der Waals surface area contributed by atoms with E-state index in [0.717, 1.165) is 0 Å². The van der Waals surface area contributed by atoms with Crippen LogP contribution in [0.5, 0.6) is 0 Å². The predicted octanol–water partition coefficient (Wildman–Crippen LogP) is -0.243. The summed E-state index contributed by atoms with van der Waals surface area (Å²) >= 11 is 0. The Morgan fingerprint density at radius 1 is 0.750 bits per heavy atom. The summed E-state index contributed by atoms with van der Waals surface area (Å²) in [5.74, 6) is 0. The SMILES string of the molecule is [Fe+3].[O-2].[O-2].[Ti]. The van der Waals surface area contributed by atoms with Crippen LogP contribution in [0.4, 0.5) is 0 Å². The van der Waals surface area contributed by atoms with Crippen LogP contribution in [0, 0.1) is 0 Å². The molecule has 0 fully saturated rings. The van der Waals surface area contributed by atoms with Gasteiger partial charge in [-0.15, -0.1) is 0 Å². The van der Waals surface area contributed by atoms with Gasteiger partial charge in [0.25, 0.3) is 0 Å². The van der Waals surface area contributed by atoms with Crippen LogP contribution in [-0.4, -0.2) is 0 Å². The summed E-state index contributed by atoms with van der Waals surface area (Å²) in [6.45, 7) is 0. The Labute approximate surface area is 49.9 Å². The minimum atomic E-state index is 0. The average molecular weight is 136 g/mol. The van der Waals surface area contributed by atoms with Gasteiger partial charge >= 0.3 is 17.1 Å². The van der Waals surface area contributed by atoms with Crippen LogP contribution >= 0.6 is 0 Å². The van der Waals surface area contributed by atoms with E-state index in [0.29, 0.717) is 0 Å². The van der Waals surface area contributed by atoms with Gasteiger partial charge in [0, 0.05) is 21.7 Å². The zero-order valence-corrected chi connectivity index (χ0v) is 4.34. The van der Waals surface area contributed by atoms with Crippen LogP contribution in [0.25, 0.3) is 0 Å². The summed E-state index contributed by atoms with van der Waals surface area (Å²) in [5.41, 5.74) is 0. The molecule has 0 amide bonds. The molecule has 25 valence electrons. The zero-order valence-electron chi connectivity index (χ0n) is 1.67. The molecule has 0 aliphatic rings. The minimum Gasteiger partial charge on any atom is -2.00 e. The molecule has 0 spiro atoms. The summed E-state index contributed by atoms with van der Waals surface area (Å²) < 4.78 is 0. The van der Waals surface area contributed by atoms with Crippen molar-refractivity contribution < 1.29 is 49.7 Å². The van der Waals surface area contributed by atoms with E-state index < -0.39 is 0 Å². The topological polar surface area (TPSA) is 57.0 Å².